The van der Waals surface area contributed by atoms with Crippen LogP contribution in [0.4, 0.5) is 11.8 Å². The molecule has 2 aromatic rings. The fourth-order valence-electron chi connectivity index (χ4n) is 3.02. The molecule has 0 amide bonds. The normalized spacial score (nSPS) is 15.5. The van der Waals surface area contributed by atoms with Crippen LogP contribution in [-0.2, 0) is 7.05 Å². The maximum absolute atomic E-state index is 5.97. The maximum atomic E-state index is 5.97. The zero-order valence-electron chi connectivity index (χ0n) is 13.2. The SMILES string of the molecule is Cc1cc(N2CCC(c3ccccc3)CC2)nc(N)[n+]1C.[I-]. The van der Waals surface area contributed by atoms with E-state index in [1.54, 1.807) is 0 Å². The van der Waals surface area contributed by atoms with E-state index in [-0.39, 0.29) is 24.0 Å². The predicted molar refractivity (Wildman–Crippen MR) is 85.2 cm³/mol. The Morgan fingerprint density at radius 3 is 2.41 bits per heavy atom. The number of nitrogen functional groups attached to an aromatic ring is 1. The van der Waals surface area contributed by atoms with E-state index in [2.05, 4.69) is 53.2 Å². The molecule has 2 N–H and O–H groups in total. The van der Waals surface area contributed by atoms with E-state index >= 15 is 0 Å². The number of aromatic nitrogens is 2. The summed E-state index contributed by atoms with van der Waals surface area (Å²) in [6.07, 6.45) is 2.34. The molecule has 4 nitrogen and oxygen atoms in total. The molecule has 1 aromatic carbocycles. The average molecular weight is 410 g/mol. The molecule has 0 spiro atoms. The molecule has 0 aliphatic carbocycles. The molecule has 1 aliphatic rings. The van der Waals surface area contributed by atoms with Crippen molar-refractivity contribution in [2.45, 2.75) is 25.7 Å². The van der Waals surface area contributed by atoms with Gasteiger partial charge in [-0.15, -0.1) is 0 Å². The molecule has 2 heterocycles. The van der Waals surface area contributed by atoms with Gasteiger partial charge in [0, 0.05) is 19.2 Å². The summed E-state index contributed by atoms with van der Waals surface area (Å²) in [6.45, 7) is 4.15. The number of hydrogen-bond acceptors (Lipinski definition) is 3. The van der Waals surface area contributed by atoms with E-state index < -0.39 is 0 Å². The highest BCUT2D eigenvalue weighted by atomic mass is 127. The lowest BCUT2D eigenvalue weighted by Gasteiger charge is -2.32. The van der Waals surface area contributed by atoms with Gasteiger partial charge in [-0.25, -0.2) is 4.57 Å². The molecule has 0 atom stereocenters. The molecule has 0 saturated carbocycles. The Morgan fingerprint density at radius 1 is 1.18 bits per heavy atom. The number of rotatable bonds is 2. The van der Waals surface area contributed by atoms with Crippen molar-refractivity contribution in [2.24, 2.45) is 7.05 Å². The Balaban J connectivity index is 0.00000176. The number of piperidine rings is 1. The standard InChI is InChI=1S/C17H22N4.HI/c1-13-12-16(19-17(18)20(13)2)21-10-8-15(9-11-21)14-6-4-3-5-7-14;/h3-7,12,15,18H,8-11H2,1-2H3;1H. The molecule has 0 bridgehead atoms. The lowest BCUT2D eigenvalue weighted by molar-refractivity contribution is -0.665. The van der Waals surface area contributed by atoms with Crippen molar-refractivity contribution < 1.29 is 28.5 Å². The Kier molecular flexibility index (Phi) is 5.61. The van der Waals surface area contributed by atoms with Crippen LogP contribution in [0.3, 0.4) is 0 Å². The zero-order valence-corrected chi connectivity index (χ0v) is 15.3. The number of hydrogen-bond donors (Lipinski definition) is 1. The highest BCUT2D eigenvalue weighted by molar-refractivity contribution is 5.41. The van der Waals surface area contributed by atoms with Crippen molar-refractivity contribution in [3.05, 3.63) is 47.7 Å². The first kappa shape index (κ1) is 17.0. The Hall–Kier alpha value is -1.37. The minimum atomic E-state index is 0. The van der Waals surface area contributed by atoms with E-state index in [1.807, 2.05) is 11.6 Å². The number of anilines is 2. The fourth-order valence-corrected chi connectivity index (χ4v) is 3.02. The Morgan fingerprint density at radius 2 is 1.82 bits per heavy atom. The average Bonchev–Trinajstić information content (AvgIpc) is 2.53. The van der Waals surface area contributed by atoms with Crippen molar-refractivity contribution in [1.29, 1.82) is 0 Å². The van der Waals surface area contributed by atoms with Crippen LogP contribution < -0.4 is 39.2 Å². The number of benzene rings is 1. The lowest BCUT2D eigenvalue weighted by Crippen LogP contribution is -3.00. The first-order valence-corrected chi connectivity index (χ1v) is 7.58. The molecule has 1 saturated heterocycles. The topological polar surface area (TPSA) is 46.0 Å². The molecule has 22 heavy (non-hydrogen) atoms. The number of halogens is 1. The van der Waals surface area contributed by atoms with Gasteiger partial charge < -0.3 is 28.9 Å². The minimum Gasteiger partial charge on any atom is -1.00 e. The van der Waals surface area contributed by atoms with Crippen LogP contribution in [0.2, 0.25) is 0 Å². The third-order valence-corrected chi connectivity index (χ3v) is 4.53. The third-order valence-electron chi connectivity index (χ3n) is 4.53. The second-order valence-electron chi connectivity index (χ2n) is 5.84. The summed E-state index contributed by atoms with van der Waals surface area (Å²) in [4.78, 5) is 6.87. The number of nitrogens with zero attached hydrogens (tertiary/aromatic N) is 3. The summed E-state index contributed by atoms with van der Waals surface area (Å²) in [5.74, 6) is 2.26. The molecule has 0 radical (unpaired) electrons. The van der Waals surface area contributed by atoms with Crippen molar-refractivity contribution in [3.8, 4) is 0 Å². The van der Waals surface area contributed by atoms with Gasteiger partial charge >= 0.3 is 5.95 Å². The highest BCUT2D eigenvalue weighted by Crippen LogP contribution is 2.29. The first-order chi connectivity index (χ1) is 10.1. The van der Waals surface area contributed by atoms with Crippen molar-refractivity contribution in [3.63, 3.8) is 0 Å². The number of nitrogens with two attached hydrogens (primary N) is 1. The van der Waals surface area contributed by atoms with Gasteiger partial charge in [-0.1, -0.05) is 35.3 Å². The third kappa shape index (κ3) is 3.51. The molecule has 3 rings (SSSR count). The molecular formula is C17H23IN4. The van der Waals surface area contributed by atoms with Crippen LogP contribution in [0.15, 0.2) is 36.4 Å². The monoisotopic (exact) mass is 410 g/mol. The quantitative estimate of drug-likeness (QED) is 0.520. The van der Waals surface area contributed by atoms with Gasteiger partial charge in [0.2, 0.25) is 5.82 Å². The zero-order chi connectivity index (χ0) is 14.8. The second-order valence-corrected chi connectivity index (χ2v) is 5.84. The van der Waals surface area contributed by atoms with E-state index in [0.29, 0.717) is 11.9 Å². The van der Waals surface area contributed by atoms with Gasteiger partial charge in [0.15, 0.2) is 0 Å². The van der Waals surface area contributed by atoms with Crippen LogP contribution in [-0.4, -0.2) is 18.1 Å². The van der Waals surface area contributed by atoms with Crippen LogP contribution in [0.25, 0.3) is 0 Å². The summed E-state index contributed by atoms with van der Waals surface area (Å²) >= 11 is 0. The van der Waals surface area contributed by atoms with Crippen molar-refractivity contribution in [1.82, 2.24) is 4.98 Å². The molecule has 1 fully saturated rings. The van der Waals surface area contributed by atoms with E-state index in [9.17, 15) is 0 Å². The van der Waals surface area contributed by atoms with Crippen LogP contribution in [0, 0.1) is 6.92 Å². The van der Waals surface area contributed by atoms with Gasteiger partial charge in [-0.05, 0) is 31.2 Å². The predicted octanol–water partition coefficient (Wildman–Crippen LogP) is -0.815. The van der Waals surface area contributed by atoms with Crippen molar-refractivity contribution in [2.75, 3.05) is 23.7 Å². The largest absolute Gasteiger partial charge is 1.00 e. The van der Waals surface area contributed by atoms with Gasteiger partial charge in [-0.2, -0.15) is 0 Å². The molecule has 0 unspecified atom stereocenters. The molecule has 118 valence electrons. The van der Waals surface area contributed by atoms with Gasteiger partial charge in [0.25, 0.3) is 0 Å². The van der Waals surface area contributed by atoms with E-state index in [1.165, 1.54) is 18.4 Å². The molecule has 1 aromatic heterocycles. The molecule has 5 heteroatoms. The first-order valence-electron chi connectivity index (χ1n) is 7.58. The molecular weight excluding hydrogens is 387 g/mol. The van der Waals surface area contributed by atoms with Gasteiger partial charge in [0.05, 0.1) is 12.7 Å². The summed E-state index contributed by atoms with van der Waals surface area (Å²) in [5, 5.41) is 0. The summed E-state index contributed by atoms with van der Waals surface area (Å²) in [5.41, 5.74) is 8.57. The van der Waals surface area contributed by atoms with E-state index in [0.717, 1.165) is 24.6 Å². The van der Waals surface area contributed by atoms with E-state index in [4.69, 9.17) is 5.73 Å². The van der Waals surface area contributed by atoms with Crippen LogP contribution >= 0.6 is 0 Å². The maximum Gasteiger partial charge on any atom is 0.391 e. The second kappa shape index (κ2) is 7.26. The van der Waals surface area contributed by atoms with Gasteiger partial charge in [0.1, 0.15) is 0 Å². The molecule has 1 aliphatic heterocycles. The Labute approximate surface area is 149 Å². The van der Waals surface area contributed by atoms with Crippen LogP contribution in [0.1, 0.15) is 30.0 Å². The van der Waals surface area contributed by atoms with Gasteiger partial charge in [-0.3, -0.25) is 5.73 Å². The smallest absolute Gasteiger partial charge is 0.391 e. The van der Waals surface area contributed by atoms with Crippen molar-refractivity contribution >= 4 is 11.8 Å². The Bertz CT molecular complexity index is 599. The summed E-state index contributed by atoms with van der Waals surface area (Å²) < 4.78 is 1.92. The number of aryl methyl sites for hydroxylation is 1. The highest BCUT2D eigenvalue weighted by Gasteiger charge is 2.24. The fraction of sp³-hybridized carbons (Fsp3) is 0.412. The minimum absolute atomic E-state index is 0. The lowest BCUT2D eigenvalue weighted by atomic mass is 9.89. The summed E-state index contributed by atoms with van der Waals surface area (Å²) in [7, 11) is 1.95. The summed E-state index contributed by atoms with van der Waals surface area (Å²) in [6, 6.07) is 12.9. The van der Waals surface area contributed by atoms with Crippen LogP contribution in [0.5, 0.6) is 0 Å².